The molecule has 2 aromatic rings. The molecule has 1 unspecified atom stereocenters. The fourth-order valence-corrected chi connectivity index (χ4v) is 2.90. The maximum absolute atomic E-state index is 12.8. The Balaban J connectivity index is 1.99. The van der Waals surface area contributed by atoms with E-state index in [4.69, 9.17) is 0 Å². The molecule has 2 heterocycles. The Morgan fingerprint density at radius 3 is 3.05 bits per heavy atom. The van der Waals surface area contributed by atoms with E-state index in [2.05, 4.69) is 4.98 Å². The van der Waals surface area contributed by atoms with Crippen LogP contribution in [0.25, 0.3) is 10.9 Å². The number of carbonyl (C=O) groups is 1. The average molecular weight is 270 g/mol. The third-order valence-corrected chi connectivity index (χ3v) is 3.97. The minimum absolute atomic E-state index is 0.00218. The zero-order chi connectivity index (χ0) is 13.9. The second kappa shape index (κ2) is 5.59. The SMILES string of the molecule is O=C(c1cccc2ncccc12)N1CCCCC1CO. The van der Waals surface area contributed by atoms with Crippen LogP contribution in [0.4, 0.5) is 0 Å². The summed E-state index contributed by atoms with van der Waals surface area (Å²) >= 11 is 0. The number of hydrogen-bond acceptors (Lipinski definition) is 3. The molecule has 0 radical (unpaired) electrons. The summed E-state index contributed by atoms with van der Waals surface area (Å²) in [5.74, 6) is 0.00218. The Labute approximate surface area is 118 Å². The van der Waals surface area contributed by atoms with Gasteiger partial charge in [0.2, 0.25) is 0 Å². The maximum atomic E-state index is 12.8. The highest BCUT2D eigenvalue weighted by Gasteiger charge is 2.27. The van der Waals surface area contributed by atoms with E-state index >= 15 is 0 Å². The van der Waals surface area contributed by atoms with Gasteiger partial charge in [0.15, 0.2) is 0 Å². The van der Waals surface area contributed by atoms with Crippen LogP contribution in [0.15, 0.2) is 36.5 Å². The largest absolute Gasteiger partial charge is 0.394 e. The van der Waals surface area contributed by atoms with Crippen molar-refractivity contribution < 1.29 is 9.90 Å². The predicted molar refractivity (Wildman–Crippen MR) is 77.5 cm³/mol. The summed E-state index contributed by atoms with van der Waals surface area (Å²) in [5, 5.41) is 10.3. The quantitative estimate of drug-likeness (QED) is 0.910. The van der Waals surface area contributed by atoms with Crippen LogP contribution in [0, 0.1) is 0 Å². The Hall–Kier alpha value is -1.94. The second-order valence-corrected chi connectivity index (χ2v) is 5.21. The molecule has 1 atom stereocenters. The summed E-state index contributed by atoms with van der Waals surface area (Å²) < 4.78 is 0. The Bertz CT molecular complexity index is 621. The van der Waals surface area contributed by atoms with E-state index in [1.54, 1.807) is 6.20 Å². The van der Waals surface area contributed by atoms with Crippen molar-refractivity contribution in [2.24, 2.45) is 0 Å². The number of amides is 1. The van der Waals surface area contributed by atoms with E-state index in [9.17, 15) is 9.90 Å². The lowest BCUT2D eigenvalue weighted by atomic mass is 10.00. The maximum Gasteiger partial charge on any atom is 0.254 e. The van der Waals surface area contributed by atoms with Gasteiger partial charge in [-0.2, -0.15) is 0 Å². The van der Waals surface area contributed by atoms with Crippen LogP contribution in [-0.2, 0) is 0 Å². The van der Waals surface area contributed by atoms with E-state index in [1.807, 2.05) is 35.2 Å². The fourth-order valence-electron chi connectivity index (χ4n) is 2.90. The number of aromatic nitrogens is 1. The number of piperidine rings is 1. The minimum atomic E-state index is -0.0526. The first-order chi connectivity index (χ1) is 9.81. The summed E-state index contributed by atoms with van der Waals surface area (Å²) in [6.07, 6.45) is 4.69. The van der Waals surface area contributed by atoms with Crippen molar-refractivity contribution in [2.45, 2.75) is 25.3 Å². The minimum Gasteiger partial charge on any atom is -0.394 e. The number of aliphatic hydroxyl groups is 1. The zero-order valence-electron chi connectivity index (χ0n) is 11.3. The van der Waals surface area contributed by atoms with E-state index in [-0.39, 0.29) is 18.6 Å². The lowest BCUT2D eigenvalue weighted by molar-refractivity contribution is 0.0505. The molecule has 1 fully saturated rings. The van der Waals surface area contributed by atoms with Crippen LogP contribution in [0.2, 0.25) is 0 Å². The standard InChI is InChI=1S/C16H18N2O2/c19-11-12-5-1-2-10-18(12)16(20)14-6-3-8-15-13(14)7-4-9-17-15/h3-4,6-9,12,19H,1-2,5,10-11H2. The molecular weight excluding hydrogens is 252 g/mol. The molecule has 0 aliphatic carbocycles. The number of aliphatic hydroxyl groups excluding tert-OH is 1. The van der Waals surface area contributed by atoms with Gasteiger partial charge in [0.1, 0.15) is 0 Å². The first-order valence-electron chi connectivity index (χ1n) is 7.07. The van der Waals surface area contributed by atoms with Crippen molar-refractivity contribution in [1.82, 2.24) is 9.88 Å². The van der Waals surface area contributed by atoms with Crippen LogP contribution in [0.5, 0.6) is 0 Å². The number of benzene rings is 1. The number of rotatable bonds is 2. The molecule has 0 spiro atoms. The second-order valence-electron chi connectivity index (χ2n) is 5.21. The van der Waals surface area contributed by atoms with Gasteiger partial charge in [0.25, 0.3) is 5.91 Å². The molecule has 20 heavy (non-hydrogen) atoms. The molecule has 3 rings (SSSR count). The van der Waals surface area contributed by atoms with Crippen molar-refractivity contribution in [2.75, 3.05) is 13.2 Å². The topological polar surface area (TPSA) is 53.4 Å². The molecule has 1 saturated heterocycles. The first kappa shape index (κ1) is 13.1. The van der Waals surface area contributed by atoms with E-state index in [1.165, 1.54) is 0 Å². The average Bonchev–Trinajstić information content (AvgIpc) is 2.53. The smallest absolute Gasteiger partial charge is 0.254 e. The van der Waals surface area contributed by atoms with Crippen molar-refractivity contribution in [3.8, 4) is 0 Å². The highest BCUT2D eigenvalue weighted by atomic mass is 16.3. The number of hydrogen-bond donors (Lipinski definition) is 1. The van der Waals surface area contributed by atoms with Gasteiger partial charge in [0.05, 0.1) is 18.2 Å². The number of nitrogens with zero attached hydrogens (tertiary/aromatic N) is 2. The van der Waals surface area contributed by atoms with Crippen LogP contribution in [-0.4, -0.2) is 40.1 Å². The van der Waals surface area contributed by atoms with E-state index < -0.39 is 0 Å². The molecule has 0 bridgehead atoms. The van der Waals surface area contributed by atoms with Gasteiger partial charge >= 0.3 is 0 Å². The molecule has 1 aliphatic rings. The number of fused-ring (bicyclic) bond motifs is 1. The molecule has 1 N–H and O–H groups in total. The summed E-state index contributed by atoms with van der Waals surface area (Å²) in [6, 6.07) is 9.33. The zero-order valence-corrected chi connectivity index (χ0v) is 11.3. The molecular formula is C16H18N2O2. The molecule has 1 amide bonds. The lowest BCUT2D eigenvalue weighted by Gasteiger charge is -2.34. The van der Waals surface area contributed by atoms with Crippen LogP contribution >= 0.6 is 0 Å². The Kier molecular flexibility index (Phi) is 3.65. The molecule has 4 heteroatoms. The number of carbonyl (C=O) groups excluding carboxylic acids is 1. The third-order valence-electron chi connectivity index (χ3n) is 3.97. The monoisotopic (exact) mass is 270 g/mol. The van der Waals surface area contributed by atoms with Gasteiger partial charge in [-0.15, -0.1) is 0 Å². The van der Waals surface area contributed by atoms with Crippen LogP contribution < -0.4 is 0 Å². The van der Waals surface area contributed by atoms with Crippen molar-refractivity contribution in [3.05, 3.63) is 42.1 Å². The van der Waals surface area contributed by atoms with Crippen LogP contribution in [0.1, 0.15) is 29.6 Å². The molecule has 1 aromatic heterocycles. The summed E-state index contributed by atoms with van der Waals surface area (Å²) in [6.45, 7) is 0.759. The third kappa shape index (κ3) is 2.27. The van der Waals surface area contributed by atoms with E-state index in [0.717, 1.165) is 36.7 Å². The molecule has 4 nitrogen and oxygen atoms in total. The summed E-state index contributed by atoms with van der Waals surface area (Å²) in [7, 11) is 0. The number of likely N-dealkylation sites (tertiary alicyclic amines) is 1. The van der Waals surface area contributed by atoms with Gasteiger partial charge in [-0.1, -0.05) is 12.1 Å². The van der Waals surface area contributed by atoms with Crippen molar-refractivity contribution >= 4 is 16.8 Å². The van der Waals surface area contributed by atoms with Gasteiger partial charge in [-0.3, -0.25) is 9.78 Å². The Morgan fingerprint density at radius 2 is 2.20 bits per heavy atom. The van der Waals surface area contributed by atoms with Crippen LogP contribution in [0.3, 0.4) is 0 Å². The molecule has 0 saturated carbocycles. The lowest BCUT2D eigenvalue weighted by Crippen LogP contribution is -2.45. The molecule has 1 aromatic carbocycles. The van der Waals surface area contributed by atoms with Gasteiger partial charge < -0.3 is 10.0 Å². The van der Waals surface area contributed by atoms with E-state index in [0.29, 0.717) is 5.56 Å². The predicted octanol–water partition coefficient (Wildman–Crippen LogP) is 2.22. The van der Waals surface area contributed by atoms with Gasteiger partial charge in [-0.25, -0.2) is 0 Å². The first-order valence-corrected chi connectivity index (χ1v) is 7.07. The van der Waals surface area contributed by atoms with Crippen molar-refractivity contribution in [3.63, 3.8) is 0 Å². The molecule has 1 aliphatic heterocycles. The summed E-state index contributed by atoms with van der Waals surface area (Å²) in [5.41, 5.74) is 1.51. The highest BCUT2D eigenvalue weighted by Crippen LogP contribution is 2.23. The Morgan fingerprint density at radius 1 is 1.30 bits per heavy atom. The number of pyridine rings is 1. The van der Waals surface area contributed by atoms with Gasteiger partial charge in [0, 0.05) is 23.7 Å². The summed E-state index contributed by atoms with van der Waals surface area (Å²) in [4.78, 5) is 18.9. The fraction of sp³-hybridized carbons (Fsp3) is 0.375. The molecule has 104 valence electrons. The highest BCUT2D eigenvalue weighted by molar-refractivity contribution is 6.06. The van der Waals surface area contributed by atoms with Gasteiger partial charge in [-0.05, 0) is 37.5 Å². The normalized spacial score (nSPS) is 19.2. The van der Waals surface area contributed by atoms with Crippen molar-refractivity contribution in [1.29, 1.82) is 0 Å².